The molecule has 31 heavy (non-hydrogen) atoms. The number of hydrogen-bond donors (Lipinski definition) is 1. The second kappa shape index (κ2) is 9.59. The van der Waals surface area contributed by atoms with E-state index in [0.29, 0.717) is 18.2 Å². The number of nitrogens with zero attached hydrogens (tertiary/aromatic N) is 7. The van der Waals surface area contributed by atoms with E-state index in [1.165, 1.54) is 12.8 Å². The molecule has 3 aromatic heterocycles. The zero-order chi connectivity index (χ0) is 21.6. The number of benzene rings is 1. The lowest BCUT2D eigenvalue weighted by Gasteiger charge is -2.08. The maximum absolute atomic E-state index is 4.81. The number of nitrogens with one attached hydrogen (secondary N) is 1. The number of unbranched alkanes of at least 4 members (excludes halogenated alkanes) is 2. The van der Waals surface area contributed by atoms with Gasteiger partial charge in [0.1, 0.15) is 5.82 Å². The van der Waals surface area contributed by atoms with Gasteiger partial charge in [-0.3, -0.25) is 4.98 Å². The SMILES string of the molecule is CCCCCn1nc(C(C)C)nc1Cc1ccc(-c2ccccc2-c2nnn[nH]2)nc1. The summed E-state index contributed by atoms with van der Waals surface area (Å²) in [7, 11) is 0. The van der Waals surface area contributed by atoms with Gasteiger partial charge in [-0.25, -0.2) is 14.8 Å². The van der Waals surface area contributed by atoms with Crippen LogP contribution in [0.3, 0.4) is 0 Å². The molecule has 0 aliphatic heterocycles. The molecule has 8 nitrogen and oxygen atoms in total. The second-order valence-electron chi connectivity index (χ2n) is 8.00. The van der Waals surface area contributed by atoms with E-state index in [4.69, 9.17) is 15.1 Å². The predicted octanol–water partition coefficient (Wildman–Crippen LogP) is 4.42. The standard InChI is InChI=1S/C23H28N8/c1-4-5-8-13-31-21(25-22(28-31)16(2)3)14-17-11-12-20(24-15-17)18-9-6-7-10-19(18)23-26-29-30-27-23/h6-7,9-12,15-16H,4-5,8,13-14H2,1-3H3,(H,26,27,29,30). The third-order valence-electron chi connectivity index (χ3n) is 5.25. The van der Waals surface area contributed by atoms with Crippen molar-refractivity contribution in [2.45, 2.75) is 58.9 Å². The van der Waals surface area contributed by atoms with Crippen molar-refractivity contribution in [3.63, 3.8) is 0 Å². The Morgan fingerprint density at radius 3 is 2.55 bits per heavy atom. The first kappa shape index (κ1) is 20.8. The molecule has 0 saturated carbocycles. The maximum atomic E-state index is 4.81. The molecule has 0 saturated heterocycles. The smallest absolute Gasteiger partial charge is 0.180 e. The summed E-state index contributed by atoms with van der Waals surface area (Å²) in [5.41, 5.74) is 3.90. The summed E-state index contributed by atoms with van der Waals surface area (Å²) in [5.74, 6) is 2.85. The van der Waals surface area contributed by atoms with Crippen LogP contribution in [0.15, 0.2) is 42.6 Å². The molecule has 0 fully saturated rings. The lowest BCUT2D eigenvalue weighted by Crippen LogP contribution is -2.07. The first-order valence-electron chi connectivity index (χ1n) is 10.9. The zero-order valence-corrected chi connectivity index (χ0v) is 18.3. The van der Waals surface area contributed by atoms with E-state index < -0.39 is 0 Å². The Kier molecular flexibility index (Phi) is 6.45. The molecule has 0 aliphatic carbocycles. The highest BCUT2D eigenvalue weighted by atomic mass is 15.5. The molecule has 1 N–H and O–H groups in total. The van der Waals surface area contributed by atoms with Crippen molar-refractivity contribution in [2.75, 3.05) is 0 Å². The average molecular weight is 417 g/mol. The molecule has 3 heterocycles. The number of rotatable bonds is 9. The molecule has 4 rings (SSSR count). The molecule has 0 amide bonds. The Balaban J connectivity index is 1.56. The summed E-state index contributed by atoms with van der Waals surface area (Å²) in [6, 6.07) is 12.1. The van der Waals surface area contributed by atoms with E-state index in [1.54, 1.807) is 0 Å². The van der Waals surface area contributed by atoms with Crippen molar-refractivity contribution in [1.29, 1.82) is 0 Å². The first-order valence-corrected chi connectivity index (χ1v) is 10.9. The van der Waals surface area contributed by atoms with E-state index in [0.717, 1.165) is 47.0 Å². The van der Waals surface area contributed by atoms with Gasteiger partial charge in [0, 0.05) is 36.2 Å². The van der Waals surface area contributed by atoms with Crippen LogP contribution in [0.1, 0.15) is 63.2 Å². The monoisotopic (exact) mass is 416 g/mol. The van der Waals surface area contributed by atoms with Crippen LogP contribution >= 0.6 is 0 Å². The third kappa shape index (κ3) is 4.84. The minimum atomic E-state index is 0.314. The van der Waals surface area contributed by atoms with Crippen molar-refractivity contribution < 1.29 is 0 Å². The molecule has 160 valence electrons. The molecule has 0 atom stereocenters. The highest BCUT2D eigenvalue weighted by Gasteiger charge is 2.14. The van der Waals surface area contributed by atoms with Gasteiger partial charge in [-0.1, -0.05) is 63.9 Å². The minimum absolute atomic E-state index is 0.314. The fourth-order valence-corrected chi connectivity index (χ4v) is 3.52. The largest absolute Gasteiger partial charge is 0.256 e. The quantitative estimate of drug-likeness (QED) is 0.406. The van der Waals surface area contributed by atoms with E-state index in [-0.39, 0.29) is 0 Å². The molecule has 1 aromatic carbocycles. The van der Waals surface area contributed by atoms with Gasteiger partial charge in [-0.2, -0.15) is 5.10 Å². The van der Waals surface area contributed by atoms with Crippen LogP contribution in [0.2, 0.25) is 0 Å². The number of aromatic amines is 1. The first-order chi connectivity index (χ1) is 15.2. The summed E-state index contributed by atoms with van der Waals surface area (Å²) in [6.45, 7) is 7.39. The molecular formula is C23H28N8. The molecule has 0 bridgehead atoms. The van der Waals surface area contributed by atoms with Gasteiger partial charge in [0.2, 0.25) is 0 Å². The van der Waals surface area contributed by atoms with Crippen LogP contribution in [0.5, 0.6) is 0 Å². The highest BCUT2D eigenvalue weighted by Crippen LogP contribution is 2.28. The Hall–Kier alpha value is -3.42. The highest BCUT2D eigenvalue weighted by molar-refractivity contribution is 5.78. The van der Waals surface area contributed by atoms with Gasteiger partial charge >= 0.3 is 0 Å². The zero-order valence-electron chi connectivity index (χ0n) is 18.3. The molecule has 8 heteroatoms. The Morgan fingerprint density at radius 2 is 1.87 bits per heavy atom. The van der Waals surface area contributed by atoms with Gasteiger partial charge in [0.05, 0.1) is 5.69 Å². The topological polar surface area (TPSA) is 98.1 Å². The lowest BCUT2D eigenvalue weighted by molar-refractivity contribution is 0.529. The summed E-state index contributed by atoms with van der Waals surface area (Å²) in [6.07, 6.45) is 6.15. The number of aromatic nitrogens is 8. The molecule has 4 aromatic rings. The molecule has 0 radical (unpaired) electrons. The number of H-pyrrole nitrogens is 1. The maximum Gasteiger partial charge on any atom is 0.180 e. The third-order valence-corrected chi connectivity index (χ3v) is 5.25. The Labute approximate surface area is 182 Å². The second-order valence-corrected chi connectivity index (χ2v) is 8.00. The molecule has 0 spiro atoms. The Morgan fingerprint density at radius 1 is 1.03 bits per heavy atom. The minimum Gasteiger partial charge on any atom is -0.256 e. The number of hydrogen-bond acceptors (Lipinski definition) is 6. The van der Waals surface area contributed by atoms with Crippen molar-refractivity contribution in [3.8, 4) is 22.6 Å². The van der Waals surface area contributed by atoms with Crippen LogP contribution in [0.4, 0.5) is 0 Å². The molecule has 0 aliphatic rings. The summed E-state index contributed by atoms with van der Waals surface area (Å²) in [5, 5.41) is 19.0. The normalized spacial score (nSPS) is 11.4. The molecule has 0 unspecified atom stereocenters. The van der Waals surface area contributed by atoms with Crippen molar-refractivity contribution >= 4 is 0 Å². The summed E-state index contributed by atoms with van der Waals surface area (Å²) >= 11 is 0. The van der Waals surface area contributed by atoms with Crippen LogP contribution in [0.25, 0.3) is 22.6 Å². The van der Waals surface area contributed by atoms with Gasteiger partial charge in [-0.15, -0.1) is 5.10 Å². The summed E-state index contributed by atoms with van der Waals surface area (Å²) < 4.78 is 2.07. The van der Waals surface area contributed by atoms with Gasteiger partial charge in [-0.05, 0) is 28.5 Å². The van der Waals surface area contributed by atoms with Crippen LogP contribution in [-0.2, 0) is 13.0 Å². The average Bonchev–Trinajstić information content (AvgIpc) is 3.45. The molecular weight excluding hydrogens is 388 g/mol. The summed E-state index contributed by atoms with van der Waals surface area (Å²) in [4.78, 5) is 9.53. The van der Waals surface area contributed by atoms with E-state index >= 15 is 0 Å². The van der Waals surface area contributed by atoms with Crippen LogP contribution in [0, 0.1) is 0 Å². The van der Waals surface area contributed by atoms with Gasteiger partial charge in [0.15, 0.2) is 11.6 Å². The Bertz CT molecular complexity index is 1100. The van der Waals surface area contributed by atoms with Crippen LogP contribution < -0.4 is 0 Å². The van der Waals surface area contributed by atoms with E-state index in [1.807, 2.05) is 36.5 Å². The fourth-order valence-electron chi connectivity index (χ4n) is 3.52. The van der Waals surface area contributed by atoms with Crippen molar-refractivity contribution in [1.82, 2.24) is 40.4 Å². The van der Waals surface area contributed by atoms with Gasteiger partial charge in [0.25, 0.3) is 0 Å². The number of tetrazole rings is 1. The number of pyridine rings is 1. The van der Waals surface area contributed by atoms with Crippen molar-refractivity contribution in [2.24, 2.45) is 0 Å². The lowest BCUT2D eigenvalue weighted by atomic mass is 10.0. The van der Waals surface area contributed by atoms with E-state index in [2.05, 4.69) is 52.1 Å². The number of aryl methyl sites for hydroxylation is 1. The van der Waals surface area contributed by atoms with E-state index in [9.17, 15) is 0 Å². The van der Waals surface area contributed by atoms with Crippen LogP contribution in [-0.4, -0.2) is 40.4 Å². The fraction of sp³-hybridized carbons (Fsp3) is 0.391. The van der Waals surface area contributed by atoms with Crippen molar-refractivity contribution in [3.05, 3.63) is 59.8 Å². The predicted molar refractivity (Wildman–Crippen MR) is 119 cm³/mol. The van der Waals surface area contributed by atoms with Gasteiger partial charge < -0.3 is 0 Å².